The van der Waals surface area contributed by atoms with E-state index in [0.29, 0.717) is 22.3 Å². The molecule has 0 bridgehead atoms. The lowest BCUT2D eigenvalue weighted by Gasteiger charge is -2.29. The fourth-order valence-corrected chi connectivity index (χ4v) is 6.30. The molecule has 226 valence electrons. The lowest BCUT2D eigenvalue weighted by Crippen LogP contribution is -2.27. The van der Waals surface area contributed by atoms with Crippen LogP contribution in [0.25, 0.3) is 22.3 Å². The van der Waals surface area contributed by atoms with Gasteiger partial charge >= 0.3 is 0 Å². The Bertz CT molecular complexity index is 1310. The first-order chi connectivity index (χ1) is 20.4. The van der Waals surface area contributed by atoms with Crippen molar-refractivity contribution < 1.29 is 22.6 Å². The molecule has 42 heavy (non-hydrogen) atoms. The van der Waals surface area contributed by atoms with Crippen molar-refractivity contribution in [2.24, 2.45) is 5.92 Å². The van der Waals surface area contributed by atoms with Gasteiger partial charge in [0.25, 0.3) is 0 Å². The van der Waals surface area contributed by atoms with Gasteiger partial charge in [-0.3, -0.25) is 0 Å². The van der Waals surface area contributed by atoms with E-state index in [4.69, 9.17) is 9.47 Å². The molecule has 0 atom stereocenters. The molecule has 6 heteroatoms. The number of hydrogen-bond donors (Lipinski definition) is 0. The van der Waals surface area contributed by atoms with Gasteiger partial charge in [0.1, 0.15) is 5.82 Å². The smallest absolute Gasteiger partial charge is 0.186 e. The summed E-state index contributed by atoms with van der Waals surface area (Å²) in [5, 5.41) is 0. The minimum absolute atomic E-state index is 0.0707. The predicted molar refractivity (Wildman–Crippen MR) is 174 cm³/mol. The van der Waals surface area contributed by atoms with Crippen LogP contribution in [0.3, 0.4) is 0 Å². The molecule has 0 saturated carbocycles. The summed E-state index contributed by atoms with van der Waals surface area (Å²) in [7, 11) is 0. The van der Waals surface area contributed by atoms with E-state index in [2.05, 4.69) is 35.6 Å². The summed E-state index contributed by atoms with van der Waals surface area (Å²) in [6.07, 6.45) is 14.2. The van der Waals surface area contributed by atoms with Crippen molar-refractivity contribution in [2.45, 2.75) is 84.3 Å². The van der Waals surface area contributed by atoms with E-state index in [9.17, 15) is 0 Å². The van der Waals surface area contributed by atoms with Crippen LogP contribution in [0.5, 0.6) is 0 Å². The highest BCUT2D eigenvalue weighted by Gasteiger charge is 2.28. The highest BCUT2D eigenvalue weighted by atomic mass is 127. The molecule has 2 nitrogen and oxygen atoms in total. The van der Waals surface area contributed by atoms with Crippen LogP contribution >= 0.6 is 22.6 Å². The maximum Gasteiger partial charge on any atom is 0.186 e. The maximum atomic E-state index is 15.2. The van der Waals surface area contributed by atoms with Gasteiger partial charge in [-0.05, 0) is 77.5 Å². The van der Waals surface area contributed by atoms with Crippen LogP contribution in [0, 0.1) is 26.9 Å². The van der Waals surface area contributed by atoms with Gasteiger partial charge in [0.2, 0.25) is 0 Å². The summed E-state index contributed by atoms with van der Waals surface area (Å²) in [6.45, 7) is 5.10. The molecule has 0 aromatic heterocycles. The molecule has 1 saturated heterocycles. The Hall–Kier alpha value is -2.16. The Kier molecular flexibility index (Phi) is 13.0. The maximum absolute atomic E-state index is 15.2. The second-order valence-electron chi connectivity index (χ2n) is 11.2. The zero-order valence-electron chi connectivity index (χ0n) is 24.7. The molecule has 0 aliphatic carbocycles. The predicted octanol–water partition coefficient (Wildman–Crippen LogP) is 11.4. The number of aryl methyl sites for hydroxylation is 1. The summed E-state index contributed by atoms with van der Waals surface area (Å²) in [6, 6.07) is 14.1. The van der Waals surface area contributed by atoms with Crippen molar-refractivity contribution in [3.05, 3.63) is 92.8 Å². The average Bonchev–Trinajstić information content (AvgIpc) is 3.01. The van der Waals surface area contributed by atoms with E-state index >= 15 is 13.2 Å². The molecule has 1 aliphatic heterocycles. The summed E-state index contributed by atoms with van der Waals surface area (Å²) < 4.78 is 57.7. The van der Waals surface area contributed by atoms with Crippen molar-refractivity contribution in [3.8, 4) is 22.3 Å². The Morgan fingerprint density at radius 3 is 2.05 bits per heavy atom. The Balaban J connectivity index is 1.39. The van der Waals surface area contributed by atoms with Crippen molar-refractivity contribution in [2.75, 3.05) is 13.2 Å². The molecule has 3 aromatic carbocycles. The van der Waals surface area contributed by atoms with Crippen LogP contribution in [-0.4, -0.2) is 13.2 Å². The third-order valence-electron chi connectivity index (χ3n) is 8.03. The summed E-state index contributed by atoms with van der Waals surface area (Å²) in [5.41, 5.74) is 3.15. The standard InChI is InChI=1S/C36H42F3IO2/c1-3-5-7-8-9-10-12-14-28-19-20-30(35(40)32(28)37)27-17-15-26(16-18-27)29-21-22-31(34(39)33(29)38)36-41-23-25(24-42-36)13-11-6-4-2/h4,6,15-22,25,36H,3,5,7-14,23-24H2,1-2H3/b6-4+. The molecule has 0 radical (unpaired) electrons. The monoisotopic (exact) mass is 690 g/mol. The molecule has 1 aliphatic rings. The minimum atomic E-state index is -0.956. The first-order valence-corrected chi connectivity index (χ1v) is 16.4. The van der Waals surface area contributed by atoms with Gasteiger partial charge in [0, 0.05) is 17.0 Å². The highest BCUT2D eigenvalue weighted by molar-refractivity contribution is 14.1. The molecular weight excluding hydrogens is 648 g/mol. The number of ether oxygens (including phenoxy) is 2. The zero-order valence-corrected chi connectivity index (χ0v) is 26.9. The van der Waals surface area contributed by atoms with E-state index in [1.165, 1.54) is 38.2 Å². The summed E-state index contributed by atoms with van der Waals surface area (Å²) >= 11 is 2.07. The Labute approximate surface area is 262 Å². The topological polar surface area (TPSA) is 18.5 Å². The largest absolute Gasteiger partial charge is 0.348 e. The fraction of sp³-hybridized carbons (Fsp3) is 0.444. The van der Waals surface area contributed by atoms with E-state index in [1.54, 1.807) is 18.2 Å². The van der Waals surface area contributed by atoms with Crippen molar-refractivity contribution in [1.82, 2.24) is 0 Å². The number of rotatable bonds is 14. The van der Waals surface area contributed by atoms with Gasteiger partial charge < -0.3 is 9.47 Å². The van der Waals surface area contributed by atoms with Gasteiger partial charge in [-0.2, -0.15) is 0 Å². The summed E-state index contributed by atoms with van der Waals surface area (Å²) in [4.78, 5) is 0. The third-order valence-corrected chi connectivity index (χ3v) is 9.08. The molecule has 1 fully saturated rings. The van der Waals surface area contributed by atoms with E-state index < -0.39 is 17.9 Å². The van der Waals surface area contributed by atoms with Crippen LogP contribution in [-0.2, 0) is 15.9 Å². The molecule has 3 aromatic rings. The molecule has 1 heterocycles. The van der Waals surface area contributed by atoms with E-state index in [1.807, 2.05) is 37.3 Å². The number of hydrogen-bond acceptors (Lipinski definition) is 2. The molecule has 0 spiro atoms. The molecular formula is C36H42F3IO2. The fourth-order valence-electron chi connectivity index (χ4n) is 5.46. The quantitative estimate of drug-likeness (QED) is 0.0952. The molecule has 0 amide bonds. The summed E-state index contributed by atoms with van der Waals surface area (Å²) in [5.74, 6) is -1.82. The number of benzene rings is 3. The van der Waals surface area contributed by atoms with Crippen LogP contribution < -0.4 is 0 Å². The van der Waals surface area contributed by atoms with Crippen molar-refractivity contribution >= 4 is 22.6 Å². The molecule has 4 rings (SSSR count). The number of unbranched alkanes of at least 4 members (excludes halogenated alkanes) is 6. The Morgan fingerprint density at radius 2 is 1.38 bits per heavy atom. The lowest BCUT2D eigenvalue weighted by atomic mass is 9.97. The van der Waals surface area contributed by atoms with Gasteiger partial charge in [0.05, 0.1) is 16.8 Å². The van der Waals surface area contributed by atoms with Gasteiger partial charge in [-0.15, -0.1) is 0 Å². The van der Waals surface area contributed by atoms with E-state index in [0.717, 1.165) is 48.8 Å². The average molecular weight is 691 g/mol. The lowest BCUT2D eigenvalue weighted by molar-refractivity contribution is -0.207. The minimum Gasteiger partial charge on any atom is -0.348 e. The van der Waals surface area contributed by atoms with Crippen molar-refractivity contribution in [1.29, 1.82) is 0 Å². The SMILES string of the molecule is C/C=C/CCC1COC(c2ccc(-c3ccc(-c4ccc(CCCCCCCCC)c(F)c4I)cc3)c(F)c2F)OC1. The van der Waals surface area contributed by atoms with Gasteiger partial charge in [0.15, 0.2) is 17.9 Å². The first-order valence-electron chi connectivity index (χ1n) is 15.3. The van der Waals surface area contributed by atoms with Crippen LogP contribution in [0.15, 0.2) is 60.7 Å². The van der Waals surface area contributed by atoms with Gasteiger partial charge in [-0.25, -0.2) is 13.2 Å². The first kappa shape index (κ1) is 32.7. The second-order valence-corrected chi connectivity index (χ2v) is 12.3. The highest BCUT2D eigenvalue weighted by Crippen LogP contribution is 2.35. The Morgan fingerprint density at radius 1 is 0.762 bits per heavy atom. The molecule has 0 unspecified atom stereocenters. The molecule has 0 N–H and O–H groups in total. The normalized spacial score (nSPS) is 17.3. The van der Waals surface area contributed by atoms with Crippen LogP contribution in [0.2, 0.25) is 0 Å². The van der Waals surface area contributed by atoms with Crippen LogP contribution in [0.4, 0.5) is 13.2 Å². The van der Waals surface area contributed by atoms with Gasteiger partial charge in [-0.1, -0.05) is 106 Å². The third kappa shape index (κ3) is 8.48. The second kappa shape index (κ2) is 16.6. The number of halogens is 4. The van der Waals surface area contributed by atoms with Crippen molar-refractivity contribution in [3.63, 3.8) is 0 Å². The van der Waals surface area contributed by atoms with Crippen LogP contribution in [0.1, 0.15) is 89.1 Å². The van der Waals surface area contributed by atoms with E-state index in [-0.39, 0.29) is 22.9 Å². The zero-order chi connectivity index (χ0) is 29.9. The number of allylic oxidation sites excluding steroid dienone is 2.